The van der Waals surface area contributed by atoms with Crippen LogP contribution >= 0.6 is 23.1 Å². The molecule has 27 heavy (non-hydrogen) atoms. The largest absolute Gasteiger partial charge is 0.467 e. The fraction of sp³-hybridized carbons (Fsp3) is 0.421. The van der Waals surface area contributed by atoms with Crippen LogP contribution in [-0.2, 0) is 24.2 Å². The molecule has 0 saturated heterocycles. The van der Waals surface area contributed by atoms with Gasteiger partial charge in [-0.25, -0.2) is 4.98 Å². The summed E-state index contributed by atoms with van der Waals surface area (Å²) >= 11 is 2.91. The summed E-state index contributed by atoms with van der Waals surface area (Å²) in [5.74, 6) is 1.45. The molecule has 0 bridgehead atoms. The number of hydrogen-bond acceptors (Lipinski definition) is 6. The van der Waals surface area contributed by atoms with Crippen LogP contribution in [0.3, 0.4) is 0 Å². The molecule has 0 unspecified atom stereocenters. The number of aromatic nitrogens is 2. The van der Waals surface area contributed by atoms with Crippen molar-refractivity contribution in [1.29, 1.82) is 0 Å². The number of rotatable bonds is 5. The predicted molar refractivity (Wildman–Crippen MR) is 108 cm³/mol. The van der Waals surface area contributed by atoms with Crippen molar-refractivity contribution in [3.63, 3.8) is 0 Å². The normalized spacial score (nSPS) is 16.4. The number of carbonyl (C=O) groups is 1. The van der Waals surface area contributed by atoms with Crippen molar-refractivity contribution < 1.29 is 9.21 Å². The average molecular weight is 404 g/mol. The molecule has 1 N–H and O–H groups in total. The van der Waals surface area contributed by atoms with Gasteiger partial charge < -0.3 is 9.73 Å². The van der Waals surface area contributed by atoms with Gasteiger partial charge >= 0.3 is 0 Å². The zero-order chi connectivity index (χ0) is 19.0. The lowest BCUT2D eigenvalue weighted by atomic mass is 9.89. The highest BCUT2D eigenvalue weighted by atomic mass is 32.2. The van der Waals surface area contributed by atoms with Crippen LogP contribution in [0.25, 0.3) is 10.2 Å². The van der Waals surface area contributed by atoms with E-state index in [1.807, 2.05) is 6.07 Å². The third kappa shape index (κ3) is 3.55. The van der Waals surface area contributed by atoms with Gasteiger partial charge in [0.15, 0.2) is 5.16 Å². The Kier molecular flexibility index (Phi) is 5.10. The summed E-state index contributed by atoms with van der Waals surface area (Å²) in [6.45, 7) is 2.56. The van der Waals surface area contributed by atoms with Crippen LogP contribution in [0.15, 0.2) is 32.8 Å². The Morgan fingerprint density at radius 2 is 2.37 bits per heavy atom. The molecular weight excluding hydrogens is 382 g/mol. The van der Waals surface area contributed by atoms with E-state index in [1.54, 1.807) is 35.3 Å². The predicted octanol–water partition coefficient (Wildman–Crippen LogP) is 3.06. The first kappa shape index (κ1) is 18.3. The number of amides is 1. The Bertz CT molecular complexity index is 1040. The second kappa shape index (κ2) is 7.52. The molecule has 0 aromatic carbocycles. The summed E-state index contributed by atoms with van der Waals surface area (Å²) in [5.41, 5.74) is 1.13. The van der Waals surface area contributed by atoms with E-state index < -0.39 is 0 Å². The van der Waals surface area contributed by atoms with Gasteiger partial charge in [-0.1, -0.05) is 18.7 Å². The van der Waals surface area contributed by atoms with Gasteiger partial charge in [0, 0.05) is 11.9 Å². The molecule has 0 radical (unpaired) electrons. The fourth-order valence-corrected chi connectivity index (χ4v) is 5.71. The van der Waals surface area contributed by atoms with Crippen molar-refractivity contribution in [2.24, 2.45) is 5.92 Å². The van der Waals surface area contributed by atoms with E-state index in [-0.39, 0.29) is 17.2 Å². The minimum absolute atomic E-state index is 0.0390. The fourth-order valence-electron chi connectivity index (χ4n) is 3.42. The highest BCUT2D eigenvalue weighted by molar-refractivity contribution is 7.99. The third-order valence-corrected chi connectivity index (χ3v) is 7.01. The third-order valence-electron chi connectivity index (χ3n) is 4.89. The van der Waals surface area contributed by atoms with E-state index in [2.05, 4.69) is 12.2 Å². The molecule has 0 aliphatic heterocycles. The number of furan rings is 1. The van der Waals surface area contributed by atoms with Gasteiger partial charge in [0.2, 0.25) is 5.91 Å². The van der Waals surface area contributed by atoms with Crippen molar-refractivity contribution in [2.75, 3.05) is 12.8 Å². The number of thiophene rings is 1. The molecule has 4 rings (SSSR count). The zero-order valence-electron chi connectivity index (χ0n) is 15.3. The van der Waals surface area contributed by atoms with Gasteiger partial charge in [-0.15, -0.1) is 11.3 Å². The lowest BCUT2D eigenvalue weighted by Gasteiger charge is -2.17. The monoisotopic (exact) mass is 403 g/mol. The van der Waals surface area contributed by atoms with Crippen molar-refractivity contribution in [3.8, 4) is 0 Å². The Balaban J connectivity index is 1.83. The standard InChI is InChI=1S/C19H21N3O3S2/c1-11-5-6-13-14(8-11)27-17-16(13)18(24)22(9-12-4-3-7-25-12)19(21-17)26-10-15(23)20-2/h3-4,7,11H,5-6,8-10H2,1-2H3,(H,20,23)/t11-/m0/s1. The number of hydrogen-bond donors (Lipinski definition) is 1. The Labute approximate surface area is 165 Å². The molecule has 1 amide bonds. The van der Waals surface area contributed by atoms with Crippen LogP contribution in [0.4, 0.5) is 0 Å². The SMILES string of the molecule is CNC(=O)CSc1nc2sc3c(c2c(=O)n1Cc1ccco1)CC[C@H](C)C3. The molecule has 8 heteroatoms. The molecule has 0 saturated carbocycles. The summed E-state index contributed by atoms with van der Waals surface area (Å²) in [5, 5.41) is 3.91. The van der Waals surface area contributed by atoms with E-state index >= 15 is 0 Å². The van der Waals surface area contributed by atoms with Gasteiger partial charge in [0.25, 0.3) is 5.56 Å². The first-order valence-corrected chi connectivity index (χ1v) is 10.8. The summed E-state index contributed by atoms with van der Waals surface area (Å²) in [6, 6.07) is 3.64. The number of nitrogens with zero attached hydrogens (tertiary/aromatic N) is 2. The van der Waals surface area contributed by atoms with Crippen molar-refractivity contribution in [3.05, 3.63) is 45.0 Å². The number of nitrogens with one attached hydrogen (secondary N) is 1. The molecule has 1 aliphatic rings. The highest BCUT2D eigenvalue weighted by Crippen LogP contribution is 2.36. The maximum absolute atomic E-state index is 13.4. The second-order valence-electron chi connectivity index (χ2n) is 6.86. The van der Waals surface area contributed by atoms with Gasteiger partial charge in [-0.05, 0) is 42.9 Å². The van der Waals surface area contributed by atoms with Crippen LogP contribution in [0, 0.1) is 5.92 Å². The molecule has 0 fully saturated rings. The second-order valence-corrected chi connectivity index (χ2v) is 8.88. The number of thioether (sulfide) groups is 1. The molecule has 6 nitrogen and oxygen atoms in total. The van der Waals surface area contributed by atoms with Gasteiger partial charge in [-0.2, -0.15) is 0 Å². The molecule has 1 aliphatic carbocycles. The summed E-state index contributed by atoms with van der Waals surface area (Å²) in [4.78, 5) is 31.9. The Morgan fingerprint density at radius 1 is 1.52 bits per heavy atom. The van der Waals surface area contributed by atoms with Crippen LogP contribution in [0.1, 0.15) is 29.5 Å². The maximum atomic E-state index is 13.4. The van der Waals surface area contributed by atoms with E-state index in [0.29, 0.717) is 23.4 Å². The quantitative estimate of drug-likeness (QED) is 0.523. The molecule has 0 spiro atoms. The number of aryl methyl sites for hydroxylation is 1. The van der Waals surface area contributed by atoms with Crippen LogP contribution in [0.2, 0.25) is 0 Å². The van der Waals surface area contributed by atoms with Crippen LogP contribution < -0.4 is 10.9 Å². The molecule has 3 aromatic heterocycles. The zero-order valence-corrected chi connectivity index (χ0v) is 16.9. The van der Waals surface area contributed by atoms with Crippen LogP contribution in [-0.4, -0.2) is 28.3 Å². The highest BCUT2D eigenvalue weighted by Gasteiger charge is 2.25. The van der Waals surface area contributed by atoms with E-state index in [0.717, 1.165) is 29.5 Å². The molecule has 3 heterocycles. The summed E-state index contributed by atoms with van der Waals surface area (Å²) in [7, 11) is 1.60. The molecule has 1 atom stereocenters. The van der Waals surface area contributed by atoms with Gasteiger partial charge in [0.1, 0.15) is 10.6 Å². The minimum atomic E-state index is -0.0989. The first-order chi connectivity index (χ1) is 13.1. The van der Waals surface area contributed by atoms with E-state index in [1.165, 1.54) is 22.2 Å². The summed E-state index contributed by atoms with van der Waals surface area (Å²) < 4.78 is 7.08. The van der Waals surface area contributed by atoms with E-state index in [9.17, 15) is 9.59 Å². The van der Waals surface area contributed by atoms with E-state index in [4.69, 9.17) is 9.40 Å². The number of fused-ring (bicyclic) bond motifs is 3. The topological polar surface area (TPSA) is 77.1 Å². The maximum Gasteiger partial charge on any atom is 0.263 e. The minimum Gasteiger partial charge on any atom is -0.467 e. The molecule has 142 valence electrons. The lowest BCUT2D eigenvalue weighted by Crippen LogP contribution is -2.26. The summed E-state index contributed by atoms with van der Waals surface area (Å²) in [6.07, 6.45) is 4.63. The van der Waals surface area contributed by atoms with Crippen LogP contribution in [0.5, 0.6) is 0 Å². The molecular formula is C19H21N3O3S2. The Morgan fingerprint density at radius 3 is 3.11 bits per heavy atom. The molecule has 3 aromatic rings. The number of carbonyl (C=O) groups excluding carboxylic acids is 1. The van der Waals surface area contributed by atoms with Crippen molar-refractivity contribution in [1.82, 2.24) is 14.9 Å². The lowest BCUT2D eigenvalue weighted by molar-refractivity contribution is -0.118. The Hall–Kier alpha value is -2.06. The smallest absolute Gasteiger partial charge is 0.263 e. The van der Waals surface area contributed by atoms with Crippen molar-refractivity contribution in [2.45, 2.75) is 37.9 Å². The van der Waals surface area contributed by atoms with Gasteiger partial charge in [-0.3, -0.25) is 14.2 Å². The first-order valence-electron chi connectivity index (χ1n) is 8.97. The van der Waals surface area contributed by atoms with Crippen molar-refractivity contribution >= 4 is 39.2 Å². The average Bonchev–Trinajstić information content (AvgIpc) is 3.29. The van der Waals surface area contributed by atoms with Gasteiger partial charge in [0.05, 0.1) is 23.9 Å².